The Hall–Kier alpha value is -2.38. The van der Waals surface area contributed by atoms with Crippen molar-refractivity contribution in [1.82, 2.24) is 4.31 Å². The van der Waals surface area contributed by atoms with Gasteiger partial charge in [-0.3, -0.25) is 4.79 Å². The maximum atomic E-state index is 12.8. The van der Waals surface area contributed by atoms with Crippen LogP contribution in [-0.2, 0) is 14.8 Å². The molecule has 0 saturated heterocycles. The molecule has 7 heteroatoms. The summed E-state index contributed by atoms with van der Waals surface area (Å²) in [4.78, 5) is 11.3. The molecule has 0 aromatic heterocycles. The van der Waals surface area contributed by atoms with E-state index in [1.54, 1.807) is 42.5 Å². The van der Waals surface area contributed by atoms with E-state index in [2.05, 4.69) is 0 Å². The van der Waals surface area contributed by atoms with Crippen LogP contribution in [0.1, 0.15) is 18.0 Å². The second-order valence-electron chi connectivity index (χ2n) is 5.22. The third-order valence-corrected chi connectivity index (χ3v) is 5.61. The average Bonchev–Trinajstić information content (AvgIpc) is 2.60. The molecule has 0 bridgehead atoms. The molecule has 0 amide bonds. The summed E-state index contributed by atoms with van der Waals surface area (Å²) in [5.74, 6) is -0.465. The maximum Gasteiger partial charge on any atom is 0.305 e. The first-order valence-corrected chi connectivity index (χ1v) is 8.69. The van der Waals surface area contributed by atoms with Gasteiger partial charge in [-0.05, 0) is 29.8 Å². The van der Waals surface area contributed by atoms with Crippen LogP contribution >= 0.6 is 0 Å². The molecule has 0 heterocycles. The topological polar surface area (TPSA) is 83.9 Å². The van der Waals surface area contributed by atoms with Crippen LogP contribution in [0.25, 0.3) is 0 Å². The van der Waals surface area contributed by atoms with Crippen molar-refractivity contribution in [2.75, 3.05) is 14.2 Å². The Bertz CT molecular complexity index is 787. The standard InChI is InChI=1S/C17H19NO5S/c1-18(24(21,22)15-6-4-3-5-7-15)16(12-17(19)20)13-8-10-14(23-2)11-9-13/h3-11,16H,12H2,1-2H3,(H,19,20)/t16-/m1/s1. The molecule has 0 unspecified atom stereocenters. The van der Waals surface area contributed by atoms with Gasteiger partial charge in [-0.15, -0.1) is 0 Å². The van der Waals surface area contributed by atoms with E-state index < -0.39 is 22.0 Å². The number of ether oxygens (including phenoxy) is 1. The number of hydrogen-bond acceptors (Lipinski definition) is 4. The molecule has 128 valence electrons. The summed E-state index contributed by atoms with van der Waals surface area (Å²) in [6, 6.07) is 13.8. The first-order chi connectivity index (χ1) is 11.4. The van der Waals surface area contributed by atoms with E-state index in [4.69, 9.17) is 4.74 Å². The molecule has 2 aromatic carbocycles. The van der Waals surface area contributed by atoms with Crippen molar-refractivity contribution in [2.24, 2.45) is 0 Å². The number of sulfonamides is 1. The highest BCUT2D eigenvalue weighted by molar-refractivity contribution is 7.89. The van der Waals surface area contributed by atoms with E-state index in [0.717, 1.165) is 4.31 Å². The van der Waals surface area contributed by atoms with Crippen LogP contribution in [0.4, 0.5) is 0 Å². The van der Waals surface area contributed by atoms with Gasteiger partial charge < -0.3 is 9.84 Å². The van der Waals surface area contributed by atoms with Gasteiger partial charge in [0.15, 0.2) is 0 Å². The van der Waals surface area contributed by atoms with Crippen molar-refractivity contribution in [3.63, 3.8) is 0 Å². The monoisotopic (exact) mass is 349 g/mol. The molecule has 1 atom stereocenters. The van der Waals surface area contributed by atoms with E-state index in [1.165, 1.54) is 26.3 Å². The minimum atomic E-state index is -3.81. The van der Waals surface area contributed by atoms with Gasteiger partial charge in [0.25, 0.3) is 0 Å². The fourth-order valence-electron chi connectivity index (χ4n) is 2.37. The summed E-state index contributed by atoms with van der Waals surface area (Å²) >= 11 is 0. The van der Waals surface area contributed by atoms with Gasteiger partial charge in [0, 0.05) is 7.05 Å². The van der Waals surface area contributed by atoms with Crippen molar-refractivity contribution < 1.29 is 23.1 Å². The van der Waals surface area contributed by atoms with E-state index in [0.29, 0.717) is 11.3 Å². The van der Waals surface area contributed by atoms with Gasteiger partial charge in [0.2, 0.25) is 10.0 Å². The molecular weight excluding hydrogens is 330 g/mol. The summed E-state index contributed by atoms with van der Waals surface area (Å²) in [7, 11) is -0.896. The number of nitrogens with zero attached hydrogens (tertiary/aromatic N) is 1. The maximum absolute atomic E-state index is 12.8. The van der Waals surface area contributed by atoms with Gasteiger partial charge in [-0.2, -0.15) is 4.31 Å². The number of benzene rings is 2. The van der Waals surface area contributed by atoms with E-state index in [1.807, 2.05) is 0 Å². The van der Waals surface area contributed by atoms with Crippen LogP contribution in [0.5, 0.6) is 5.75 Å². The first-order valence-electron chi connectivity index (χ1n) is 7.25. The second-order valence-corrected chi connectivity index (χ2v) is 7.22. The van der Waals surface area contributed by atoms with Gasteiger partial charge in [0.1, 0.15) is 5.75 Å². The van der Waals surface area contributed by atoms with Crippen molar-refractivity contribution in [1.29, 1.82) is 0 Å². The van der Waals surface area contributed by atoms with Gasteiger partial charge >= 0.3 is 5.97 Å². The van der Waals surface area contributed by atoms with Gasteiger partial charge in [-0.1, -0.05) is 30.3 Å². The molecule has 2 rings (SSSR count). The van der Waals surface area contributed by atoms with Crippen LogP contribution < -0.4 is 4.74 Å². The molecule has 0 radical (unpaired) electrons. The highest BCUT2D eigenvalue weighted by Gasteiger charge is 2.30. The Balaban J connectivity index is 2.41. The molecule has 0 aliphatic rings. The molecule has 0 saturated carbocycles. The molecule has 1 N–H and O–H groups in total. The molecule has 0 aliphatic carbocycles. The van der Waals surface area contributed by atoms with E-state index in [-0.39, 0.29) is 11.3 Å². The number of carboxylic acids is 1. The SMILES string of the molecule is COc1ccc([C@@H](CC(=O)O)N(C)S(=O)(=O)c2ccccc2)cc1. The molecule has 24 heavy (non-hydrogen) atoms. The predicted octanol–water partition coefficient (Wildman–Crippen LogP) is 2.53. The minimum absolute atomic E-state index is 0.122. The summed E-state index contributed by atoms with van der Waals surface area (Å²) in [6.45, 7) is 0. The number of carboxylic acid groups (broad SMARTS) is 1. The molecule has 6 nitrogen and oxygen atoms in total. The van der Waals surface area contributed by atoms with Crippen LogP contribution in [-0.4, -0.2) is 38.0 Å². The zero-order valence-corrected chi connectivity index (χ0v) is 14.2. The van der Waals surface area contributed by atoms with Crippen LogP contribution in [0.15, 0.2) is 59.5 Å². The Morgan fingerprint density at radius 3 is 2.21 bits per heavy atom. The number of hydrogen-bond donors (Lipinski definition) is 1. The van der Waals surface area contributed by atoms with Crippen molar-refractivity contribution >= 4 is 16.0 Å². The smallest absolute Gasteiger partial charge is 0.305 e. The fourth-order valence-corrected chi connectivity index (χ4v) is 3.74. The Morgan fingerprint density at radius 1 is 1.12 bits per heavy atom. The lowest BCUT2D eigenvalue weighted by Gasteiger charge is -2.27. The molecule has 0 aliphatic heterocycles. The Kier molecular flexibility index (Phi) is 5.58. The zero-order valence-electron chi connectivity index (χ0n) is 13.4. The molecule has 0 spiro atoms. The van der Waals surface area contributed by atoms with E-state index >= 15 is 0 Å². The lowest BCUT2D eigenvalue weighted by atomic mass is 10.0. The molecular formula is C17H19NO5S. The summed E-state index contributed by atoms with van der Waals surface area (Å²) in [6.07, 6.45) is -0.338. The van der Waals surface area contributed by atoms with Crippen LogP contribution in [0.2, 0.25) is 0 Å². The molecule has 2 aromatic rings. The van der Waals surface area contributed by atoms with Crippen molar-refractivity contribution in [2.45, 2.75) is 17.4 Å². The largest absolute Gasteiger partial charge is 0.497 e. The van der Waals surface area contributed by atoms with Crippen molar-refractivity contribution in [3.05, 3.63) is 60.2 Å². The normalized spacial score (nSPS) is 12.8. The lowest BCUT2D eigenvalue weighted by Crippen LogP contribution is -2.32. The van der Waals surface area contributed by atoms with Crippen molar-refractivity contribution in [3.8, 4) is 5.75 Å². The highest BCUT2D eigenvalue weighted by Crippen LogP contribution is 2.30. The van der Waals surface area contributed by atoms with Gasteiger partial charge in [-0.25, -0.2) is 8.42 Å². The number of carbonyl (C=O) groups is 1. The lowest BCUT2D eigenvalue weighted by molar-refractivity contribution is -0.138. The summed E-state index contributed by atoms with van der Waals surface area (Å²) in [5, 5.41) is 9.18. The summed E-state index contributed by atoms with van der Waals surface area (Å²) < 4.78 is 31.7. The highest BCUT2D eigenvalue weighted by atomic mass is 32.2. The number of methoxy groups -OCH3 is 1. The number of aliphatic carboxylic acids is 1. The summed E-state index contributed by atoms with van der Waals surface area (Å²) in [5.41, 5.74) is 0.584. The fraction of sp³-hybridized carbons (Fsp3) is 0.235. The van der Waals surface area contributed by atoms with Crippen LogP contribution in [0.3, 0.4) is 0 Å². The third kappa shape index (κ3) is 3.93. The Morgan fingerprint density at radius 2 is 1.71 bits per heavy atom. The quantitative estimate of drug-likeness (QED) is 0.830. The number of rotatable bonds is 7. The zero-order chi connectivity index (χ0) is 17.7. The first kappa shape index (κ1) is 18.0. The second kappa shape index (κ2) is 7.46. The predicted molar refractivity (Wildman–Crippen MR) is 89.4 cm³/mol. The average molecular weight is 349 g/mol. The van der Waals surface area contributed by atoms with Crippen LogP contribution in [0, 0.1) is 0 Å². The Labute approximate surface area is 141 Å². The minimum Gasteiger partial charge on any atom is -0.497 e. The van der Waals surface area contributed by atoms with Gasteiger partial charge in [0.05, 0.1) is 24.5 Å². The molecule has 0 fully saturated rings. The third-order valence-electron chi connectivity index (χ3n) is 3.73. The van der Waals surface area contributed by atoms with E-state index in [9.17, 15) is 18.3 Å².